The number of amides is 4. The number of halogens is 1. The molecule has 1 N–H and O–H groups in total. The summed E-state index contributed by atoms with van der Waals surface area (Å²) in [4.78, 5) is 51.9. The molecule has 1 unspecified atom stereocenters. The molecule has 2 aromatic rings. The monoisotopic (exact) mass is 411 g/mol. The lowest BCUT2D eigenvalue weighted by atomic mass is 10.1. The predicted molar refractivity (Wildman–Crippen MR) is 107 cm³/mol. The zero-order valence-electron chi connectivity index (χ0n) is 15.4. The van der Waals surface area contributed by atoms with Crippen molar-refractivity contribution in [1.29, 1.82) is 0 Å². The summed E-state index contributed by atoms with van der Waals surface area (Å²) in [6.45, 7) is 0.430. The summed E-state index contributed by atoms with van der Waals surface area (Å²) in [6.07, 6.45) is 0.315. The van der Waals surface area contributed by atoms with E-state index in [1.807, 2.05) is 0 Å². The van der Waals surface area contributed by atoms with E-state index < -0.39 is 17.7 Å². The van der Waals surface area contributed by atoms with Crippen molar-refractivity contribution in [3.8, 4) is 0 Å². The average Bonchev–Trinajstić information content (AvgIpc) is 3.20. The van der Waals surface area contributed by atoms with Gasteiger partial charge in [0, 0.05) is 36.1 Å². The molecule has 1 atom stereocenters. The first-order chi connectivity index (χ1) is 13.9. The molecule has 2 aliphatic rings. The Morgan fingerprint density at radius 2 is 1.62 bits per heavy atom. The minimum Gasteiger partial charge on any atom is -0.354 e. The Bertz CT molecular complexity index is 970. The molecule has 7 nitrogen and oxygen atoms in total. The van der Waals surface area contributed by atoms with Crippen LogP contribution in [0.25, 0.3) is 0 Å². The standard InChI is InChI=1S/C21H18ClN3O4/c22-14-5-7-15(8-6-14)24-11-13(9-19(24)27)10-23-18(26)12-25-20(28)16-3-1-2-4-17(16)21(25)29/h1-8,13H,9-12H2,(H,23,26). The van der Waals surface area contributed by atoms with Gasteiger partial charge in [0.15, 0.2) is 0 Å². The number of anilines is 1. The number of nitrogens with one attached hydrogen (secondary N) is 1. The number of benzene rings is 2. The topological polar surface area (TPSA) is 86.8 Å². The smallest absolute Gasteiger partial charge is 0.262 e. The van der Waals surface area contributed by atoms with Gasteiger partial charge in [-0.05, 0) is 36.4 Å². The first kappa shape index (κ1) is 19.1. The molecule has 2 aromatic carbocycles. The fourth-order valence-electron chi connectivity index (χ4n) is 3.63. The largest absolute Gasteiger partial charge is 0.354 e. The van der Waals surface area contributed by atoms with Gasteiger partial charge in [-0.3, -0.25) is 24.1 Å². The lowest BCUT2D eigenvalue weighted by molar-refractivity contribution is -0.122. The average molecular weight is 412 g/mol. The van der Waals surface area contributed by atoms with E-state index in [4.69, 9.17) is 11.6 Å². The summed E-state index contributed by atoms with van der Waals surface area (Å²) in [5, 5.41) is 3.33. The van der Waals surface area contributed by atoms with E-state index in [9.17, 15) is 19.2 Å². The van der Waals surface area contributed by atoms with Gasteiger partial charge in [0.25, 0.3) is 11.8 Å². The Hall–Kier alpha value is -3.19. The van der Waals surface area contributed by atoms with Gasteiger partial charge in [-0.1, -0.05) is 23.7 Å². The molecule has 4 rings (SSSR count). The summed E-state index contributed by atoms with van der Waals surface area (Å²) in [6, 6.07) is 13.5. The van der Waals surface area contributed by atoms with Gasteiger partial charge < -0.3 is 10.2 Å². The summed E-state index contributed by atoms with van der Waals surface area (Å²) in [5.74, 6) is -1.44. The molecule has 148 valence electrons. The highest BCUT2D eigenvalue weighted by Gasteiger charge is 2.36. The minimum atomic E-state index is -0.467. The second kappa shape index (κ2) is 7.67. The third-order valence-electron chi connectivity index (χ3n) is 5.11. The van der Waals surface area contributed by atoms with Gasteiger partial charge in [0.05, 0.1) is 11.1 Å². The summed E-state index contributed by atoms with van der Waals surface area (Å²) < 4.78 is 0. The van der Waals surface area contributed by atoms with E-state index in [0.29, 0.717) is 29.1 Å². The molecule has 4 amide bonds. The van der Waals surface area contributed by atoms with Crippen LogP contribution < -0.4 is 10.2 Å². The Morgan fingerprint density at radius 3 is 2.24 bits per heavy atom. The molecule has 0 aromatic heterocycles. The Balaban J connectivity index is 1.32. The number of nitrogens with zero attached hydrogens (tertiary/aromatic N) is 2. The fraction of sp³-hybridized carbons (Fsp3) is 0.238. The molecule has 0 saturated carbocycles. The van der Waals surface area contributed by atoms with Crippen LogP contribution in [0.1, 0.15) is 27.1 Å². The molecule has 0 radical (unpaired) electrons. The number of fused-ring (bicyclic) bond motifs is 1. The van der Waals surface area contributed by atoms with Crippen LogP contribution in [-0.2, 0) is 9.59 Å². The van der Waals surface area contributed by atoms with E-state index in [0.717, 1.165) is 10.6 Å². The van der Waals surface area contributed by atoms with Crippen LogP contribution in [0.5, 0.6) is 0 Å². The maximum absolute atomic E-state index is 12.3. The normalized spacial score (nSPS) is 18.4. The van der Waals surface area contributed by atoms with Crippen molar-refractivity contribution >= 4 is 40.9 Å². The molecular formula is C21H18ClN3O4. The molecule has 0 aliphatic carbocycles. The second-order valence-electron chi connectivity index (χ2n) is 7.10. The summed E-state index contributed by atoms with van der Waals surface area (Å²) >= 11 is 5.89. The summed E-state index contributed by atoms with van der Waals surface area (Å²) in [7, 11) is 0. The number of rotatable bonds is 5. The van der Waals surface area contributed by atoms with Gasteiger partial charge >= 0.3 is 0 Å². The molecule has 29 heavy (non-hydrogen) atoms. The maximum atomic E-state index is 12.3. The molecule has 8 heteroatoms. The van der Waals surface area contributed by atoms with Crippen molar-refractivity contribution in [3.63, 3.8) is 0 Å². The molecule has 0 spiro atoms. The Kier molecular flexibility index (Phi) is 5.07. The Morgan fingerprint density at radius 1 is 1.00 bits per heavy atom. The fourth-order valence-corrected chi connectivity index (χ4v) is 3.76. The van der Waals surface area contributed by atoms with Gasteiger partial charge in [-0.2, -0.15) is 0 Å². The van der Waals surface area contributed by atoms with Crippen molar-refractivity contribution < 1.29 is 19.2 Å². The Labute approximate surface area is 172 Å². The molecular weight excluding hydrogens is 394 g/mol. The maximum Gasteiger partial charge on any atom is 0.262 e. The number of hydrogen-bond acceptors (Lipinski definition) is 4. The van der Waals surface area contributed by atoms with E-state index >= 15 is 0 Å². The van der Waals surface area contributed by atoms with Gasteiger partial charge in [-0.15, -0.1) is 0 Å². The van der Waals surface area contributed by atoms with E-state index in [1.165, 1.54) is 0 Å². The van der Waals surface area contributed by atoms with Crippen LogP contribution in [0.3, 0.4) is 0 Å². The van der Waals surface area contributed by atoms with Gasteiger partial charge in [0.1, 0.15) is 6.54 Å². The van der Waals surface area contributed by atoms with Crippen LogP contribution >= 0.6 is 11.6 Å². The van der Waals surface area contributed by atoms with Crippen LogP contribution in [0.15, 0.2) is 48.5 Å². The zero-order valence-corrected chi connectivity index (χ0v) is 16.2. The van der Waals surface area contributed by atoms with Gasteiger partial charge in [0.2, 0.25) is 11.8 Å². The SMILES string of the molecule is O=C(CN1C(=O)c2ccccc2C1=O)NCC1CC(=O)N(c2ccc(Cl)cc2)C1. The van der Waals surface area contributed by atoms with Crippen LogP contribution in [0.4, 0.5) is 5.69 Å². The van der Waals surface area contributed by atoms with E-state index in [1.54, 1.807) is 53.4 Å². The highest BCUT2D eigenvalue weighted by atomic mass is 35.5. The van der Waals surface area contributed by atoms with E-state index in [2.05, 4.69) is 5.32 Å². The lowest BCUT2D eigenvalue weighted by Crippen LogP contribution is -2.42. The zero-order chi connectivity index (χ0) is 20.5. The number of carbonyl (C=O) groups is 4. The predicted octanol–water partition coefficient (Wildman–Crippen LogP) is 2.11. The van der Waals surface area contributed by atoms with Crippen molar-refractivity contribution in [2.45, 2.75) is 6.42 Å². The van der Waals surface area contributed by atoms with Gasteiger partial charge in [-0.25, -0.2) is 0 Å². The lowest BCUT2D eigenvalue weighted by Gasteiger charge is -2.18. The van der Waals surface area contributed by atoms with Crippen molar-refractivity contribution in [2.75, 3.05) is 24.5 Å². The third-order valence-corrected chi connectivity index (χ3v) is 5.36. The second-order valence-corrected chi connectivity index (χ2v) is 7.53. The first-order valence-electron chi connectivity index (χ1n) is 9.22. The molecule has 2 aliphatic heterocycles. The van der Waals surface area contributed by atoms with Crippen LogP contribution in [-0.4, -0.2) is 48.2 Å². The number of carbonyl (C=O) groups excluding carboxylic acids is 4. The van der Waals surface area contributed by atoms with Crippen LogP contribution in [0.2, 0.25) is 5.02 Å². The first-order valence-corrected chi connectivity index (χ1v) is 9.59. The summed E-state index contributed by atoms with van der Waals surface area (Å²) in [5.41, 5.74) is 1.38. The van der Waals surface area contributed by atoms with E-state index in [-0.39, 0.29) is 24.9 Å². The number of hydrogen-bond donors (Lipinski definition) is 1. The molecule has 2 heterocycles. The highest BCUT2D eigenvalue weighted by molar-refractivity contribution is 6.30. The quantitative estimate of drug-likeness (QED) is 0.763. The molecule has 1 fully saturated rings. The van der Waals surface area contributed by atoms with Crippen molar-refractivity contribution in [3.05, 3.63) is 64.7 Å². The van der Waals surface area contributed by atoms with Crippen molar-refractivity contribution in [1.82, 2.24) is 10.2 Å². The highest BCUT2D eigenvalue weighted by Crippen LogP contribution is 2.26. The molecule has 1 saturated heterocycles. The molecule has 0 bridgehead atoms. The number of imide groups is 1. The third kappa shape index (κ3) is 3.73. The van der Waals surface area contributed by atoms with Crippen molar-refractivity contribution in [2.24, 2.45) is 5.92 Å². The minimum absolute atomic E-state index is 0.0214. The van der Waals surface area contributed by atoms with Crippen LogP contribution in [0, 0.1) is 5.92 Å².